The van der Waals surface area contributed by atoms with Crippen LogP contribution >= 0.6 is 11.6 Å². The number of carbonyl (C=O) groups is 2. The Kier molecular flexibility index (Phi) is 6.15. The molecule has 0 saturated carbocycles. The first kappa shape index (κ1) is 24.8. The molecule has 2 aliphatic carbocycles. The van der Waals surface area contributed by atoms with Crippen LogP contribution in [0.1, 0.15) is 70.4 Å². The van der Waals surface area contributed by atoms with E-state index in [9.17, 15) is 14.7 Å². The van der Waals surface area contributed by atoms with Crippen LogP contribution in [0, 0.1) is 10.8 Å². The summed E-state index contributed by atoms with van der Waals surface area (Å²) >= 11 is 6.37. The van der Waals surface area contributed by atoms with Gasteiger partial charge in [0.1, 0.15) is 5.75 Å². The predicted octanol–water partition coefficient (Wildman–Crippen LogP) is 6.97. The molecule has 5 rings (SSSR count). The molecule has 5 heteroatoms. The zero-order valence-corrected chi connectivity index (χ0v) is 22.3. The molecular weight excluding hydrogens is 470 g/mol. The number of hydrogen-bond donors (Lipinski definition) is 1. The average molecular weight is 504 g/mol. The van der Waals surface area contributed by atoms with E-state index in [1.54, 1.807) is 18.2 Å². The summed E-state index contributed by atoms with van der Waals surface area (Å²) in [6, 6.07) is 15.3. The van der Waals surface area contributed by atoms with Crippen LogP contribution < -0.4 is 0 Å². The number of hydrogen-bond acceptors (Lipinski definition) is 4. The molecule has 2 aromatic rings. The molecule has 1 N–H and O–H groups in total. The van der Waals surface area contributed by atoms with E-state index >= 15 is 0 Å². The number of phenolic OH excluding ortho intramolecular Hbond substituents is 1. The Morgan fingerprint density at radius 2 is 1.42 bits per heavy atom. The molecule has 36 heavy (non-hydrogen) atoms. The van der Waals surface area contributed by atoms with Crippen LogP contribution in [-0.2, 0) is 16.0 Å². The largest absolute Gasteiger partial charge is 0.508 e. The van der Waals surface area contributed by atoms with Gasteiger partial charge in [-0.15, -0.1) is 0 Å². The number of nitrogens with zero attached hydrogens (tertiary/aromatic N) is 1. The lowest BCUT2D eigenvalue weighted by Gasteiger charge is -2.49. The molecule has 2 aromatic carbocycles. The number of Topliss-reactive ketones (excluding diaryl/α,β-unsaturated/α-hetero) is 2. The monoisotopic (exact) mass is 503 g/mol. The fourth-order valence-electron chi connectivity index (χ4n) is 6.27. The topological polar surface area (TPSA) is 57.6 Å². The normalized spacial score (nSPS) is 21.5. The van der Waals surface area contributed by atoms with Crippen molar-refractivity contribution in [3.05, 3.63) is 87.2 Å². The van der Waals surface area contributed by atoms with Crippen LogP contribution in [0.4, 0.5) is 0 Å². The number of rotatable bonds is 4. The van der Waals surface area contributed by atoms with Gasteiger partial charge in [0.15, 0.2) is 11.6 Å². The Labute approximate surface area is 218 Å². The fraction of sp³-hybridized carbons (Fsp3) is 0.419. The van der Waals surface area contributed by atoms with Crippen molar-refractivity contribution in [2.24, 2.45) is 10.8 Å². The minimum Gasteiger partial charge on any atom is -0.508 e. The van der Waals surface area contributed by atoms with Crippen molar-refractivity contribution in [1.82, 2.24) is 4.90 Å². The fourth-order valence-corrected chi connectivity index (χ4v) is 6.45. The summed E-state index contributed by atoms with van der Waals surface area (Å²) < 4.78 is 0. The molecule has 3 aliphatic rings. The zero-order valence-electron chi connectivity index (χ0n) is 21.5. The van der Waals surface area contributed by atoms with E-state index in [4.69, 9.17) is 11.6 Å². The second-order valence-electron chi connectivity index (χ2n) is 12.1. The third kappa shape index (κ3) is 4.52. The highest BCUT2D eigenvalue weighted by atomic mass is 35.5. The van der Waals surface area contributed by atoms with Crippen LogP contribution in [0.3, 0.4) is 0 Å². The summed E-state index contributed by atoms with van der Waals surface area (Å²) in [6.07, 6.45) is 3.12. The molecule has 188 valence electrons. The van der Waals surface area contributed by atoms with Gasteiger partial charge in [0.25, 0.3) is 0 Å². The Morgan fingerprint density at radius 3 is 1.97 bits per heavy atom. The molecular formula is C31H34ClNO3. The van der Waals surface area contributed by atoms with E-state index in [-0.39, 0.29) is 28.1 Å². The zero-order chi connectivity index (χ0) is 25.8. The first-order valence-corrected chi connectivity index (χ1v) is 13.2. The van der Waals surface area contributed by atoms with Crippen molar-refractivity contribution >= 4 is 23.2 Å². The highest BCUT2D eigenvalue weighted by Crippen LogP contribution is 2.55. The molecule has 0 amide bonds. The average Bonchev–Trinajstić information content (AvgIpc) is 2.78. The number of aromatic hydroxyl groups is 1. The number of benzene rings is 2. The summed E-state index contributed by atoms with van der Waals surface area (Å²) in [5, 5.41) is 11.4. The Morgan fingerprint density at radius 1 is 0.861 bits per heavy atom. The smallest absolute Gasteiger partial charge is 0.162 e. The maximum Gasteiger partial charge on any atom is 0.162 e. The van der Waals surface area contributed by atoms with Gasteiger partial charge >= 0.3 is 0 Å². The molecule has 0 radical (unpaired) electrons. The second kappa shape index (κ2) is 8.92. The van der Waals surface area contributed by atoms with E-state index < -0.39 is 5.92 Å². The van der Waals surface area contributed by atoms with Crippen molar-refractivity contribution in [3.8, 4) is 5.75 Å². The van der Waals surface area contributed by atoms with Gasteiger partial charge in [-0.25, -0.2) is 0 Å². The molecule has 0 bridgehead atoms. The number of ketones is 2. The molecule has 1 aliphatic heterocycles. The van der Waals surface area contributed by atoms with Gasteiger partial charge in [-0.2, -0.15) is 0 Å². The third-order valence-electron chi connectivity index (χ3n) is 7.79. The predicted molar refractivity (Wildman–Crippen MR) is 143 cm³/mol. The summed E-state index contributed by atoms with van der Waals surface area (Å²) in [6.45, 7) is 9.24. The maximum absolute atomic E-state index is 13.8. The highest BCUT2D eigenvalue weighted by molar-refractivity contribution is 6.30. The first-order valence-electron chi connectivity index (χ1n) is 12.8. The standard InChI is InChI=1S/C31H34ClNO3/c1-30(2)15-22-28(25(35)17-30)27(21-14-20(32)10-11-24(21)34)29-23(16-31(3,4)18-26(29)36)33(22)13-12-19-8-6-5-7-9-19/h5-11,14,27,34H,12-13,15-18H2,1-4H3. The Bertz CT molecular complexity index is 1250. The second-order valence-corrected chi connectivity index (χ2v) is 12.6. The molecule has 0 fully saturated rings. The number of carbonyl (C=O) groups excluding carboxylic acids is 2. The van der Waals surface area contributed by atoms with Gasteiger partial charge in [-0.3, -0.25) is 9.59 Å². The van der Waals surface area contributed by atoms with Crippen molar-refractivity contribution < 1.29 is 14.7 Å². The lowest BCUT2D eigenvalue weighted by Crippen LogP contribution is -2.45. The Balaban J connectivity index is 1.73. The van der Waals surface area contributed by atoms with Gasteiger partial charge < -0.3 is 10.0 Å². The van der Waals surface area contributed by atoms with Gasteiger partial charge in [0.05, 0.1) is 0 Å². The Hall–Kier alpha value is -2.85. The molecule has 4 nitrogen and oxygen atoms in total. The molecule has 1 heterocycles. The van der Waals surface area contributed by atoms with E-state index in [0.717, 1.165) is 30.7 Å². The van der Waals surface area contributed by atoms with Crippen LogP contribution in [0.2, 0.25) is 5.02 Å². The first-order chi connectivity index (χ1) is 17.0. The lowest BCUT2D eigenvalue weighted by molar-refractivity contribution is -0.119. The number of allylic oxidation sites excluding steroid dienone is 4. The van der Waals surface area contributed by atoms with Crippen molar-refractivity contribution in [3.63, 3.8) is 0 Å². The van der Waals surface area contributed by atoms with E-state index in [1.807, 2.05) is 18.2 Å². The van der Waals surface area contributed by atoms with Crippen LogP contribution in [-0.4, -0.2) is 28.1 Å². The number of halogens is 1. The number of phenols is 1. The molecule has 0 aromatic heterocycles. The quantitative estimate of drug-likeness (QED) is 0.489. The minimum atomic E-state index is -0.589. The van der Waals surface area contributed by atoms with Crippen LogP contribution in [0.15, 0.2) is 71.1 Å². The summed E-state index contributed by atoms with van der Waals surface area (Å²) in [4.78, 5) is 29.9. The molecule has 0 unspecified atom stereocenters. The lowest BCUT2D eigenvalue weighted by atomic mass is 9.63. The summed E-state index contributed by atoms with van der Waals surface area (Å²) in [5.74, 6) is -0.413. The van der Waals surface area contributed by atoms with E-state index in [1.165, 1.54) is 5.56 Å². The van der Waals surface area contributed by atoms with Gasteiger partial charge in [0, 0.05) is 58.4 Å². The van der Waals surface area contributed by atoms with Crippen molar-refractivity contribution in [1.29, 1.82) is 0 Å². The molecule has 0 spiro atoms. The summed E-state index contributed by atoms with van der Waals surface area (Å²) in [7, 11) is 0. The SMILES string of the molecule is CC1(C)CC(=O)C2=C(C1)N(CCc1ccccc1)C1=C(C(=O)CC(C)(C)C1)C2c1cc(Cl)ccc1O. The maximum atomic E-state index is 13.8. The molecule has 0 saturated heterocycles. The summed E-state index contributed by atoms with van der Waals surface area (Å²) in [5.41, 5.74) is 4.72. The molecule has 0 atom stereocenters. The minimum absolute atomic E-state index is 0.0551. The van der Waals surface area contributed by atoms with Crippen molar-refractivity contribution in [2.75, 3.05) is 6.54 Å². The van der Waals surface area contributed by atoms with Gasteiger partial charge in [-0.1, -0.05) is 69.6 Å². The van der Waals surface area contributed by atoms with Crippen LogP contribution in [0.5, 0.6) is 5.75 Å². The van der Waals surface area contributed by atoms with Gasteiger partial charge in [0.2, 0.25) is 0 Å². The third-order valence-corrected chi connectivity index (χ3v) is 8.02. The van der Waals surface area contributed by atoms with Crippen molar-refractivity contribution in [2.45, 2.75) is 65.7 Å². The van der Waals surface area contributed by atoms with E-state index in [2.05, 4.69) is 44.7 Å². The van der Waals surface area contributed by atoms with E-state index in [0.29, 0.717) is 41.1 Å². The van der Waals surface area contributed by atoms with Gasteiger partial charge in [-0.05, 0) is 53.9 Å². The highest BCUT2D eigenvalue weighted by Gasteiger charge is 2.49. The van der Waals surface area contributed by atoms with Crippen LogP contribution in [0.25, 0.3) is 0 Å².